The molecule has 0 bridgehead atoms. The summed E-state index contributed by atoms with van der Waals surface area (Å²) in [4.78, 5) is 28.1. The van der Waals surface area contributed by atoms with E-state index in [1.807, 2.05) is 25.1 Å². The zero-order valence-corrected chi connectivity index (χ0v) is 15.1. The number of aromatic nitrogens is 2. The Kier molecular flexibility index (Phi) is 3.55. The number of hydrogen-bond donors (Lipinski definition) is 2. The van der Waals surface area contributed by atoms with Gasteiger partial charge >= 0.3 is 11.1 Å². The molecule has 1 aliphatic rings. The van der Waals surface area contributed by atoms with Gasteiger partial charge in [-0.25, -0.2) is 8.42 Å². The van der Waals surface area contributed by atoms with Gasteiger partial charge < -0.3 is 9.97 Å². The molecule has 0 fully saturated rings. The maximum Gasteiger partial charge on any atom is 0.314 e. The maximum atomic E-state index is 13.4. The van der Waals surface area contributed by atoms with Gasteiger partial charge in [0.2, 0.25) is 0 Å². The molecule has 0 saturated carbocycles. The number of nitrogens with zero attached hydrogens (tertiary/aromatic N) is 1. The molecule has 4 rings (SSSR count). The van der Waals surface area contributed by atoms with Gasteiger partial charge in [-0.05, 0) is 49.6 Å². The molecule has 134 valence electrons. The summed E-state index contributed by atoms with van der Waals surface area (Å²) in [6.45, 7) is 3.54. The fraction of sp³-hybridized carbons (Fsp3) is 0.222. The molecule has 2 aromatic carbocycles. The molecule has 0 radical (unpaired) electrons. The van der Waals surface area contributed by atoms with Crippen LogP contribution in [0.1, 0.15) is 18.1 Å². The van der Waals surface area contributed by atoms with Crippen LogP contribution in [-0.4, -0.2) is 24.4 Å². The first-order valence-electron chi connectivity index (χ1n) is 8.18. The maximum absolute atomic E-state index is 13.4. The second kappa shape index (κ2) is 5.57. The number of benzene rings is 2. The van der Waals surface area contributed by atoms with Crippen LogP contribution in [0, 0.1) is 6.92 Å². The number of nitrogens with one attached hydrogen (secondary N) is 2. The third kappa shape index (κ3) is 2.37. The standard InChI is InChI=1S/C18H17N3O4S/c1-10-7-13-14(20-18(23)17(22)19-13)9-16(10)26(24,25)21-11(2)8-12-5-3-4-6-15(12)21/h3-7,9,11H,8H2,1-2H3,(H,19,22)(H,20,23)/t11-/m1/s1. The number of hydrogen-bond acceptors (Lipinski definition) is 4. The van der Waals surface area contributed by atoms with Crippen LogP contribution in [-0.2, 0) is 16.4 Å². The molecule has 1 atom stereocenters. The lowest BCUT2D eigenvalue weighted by Crippen LogP contribution is -2.36. The number of sulfonamides is 1. The molecule has 2 N–H and O–H groups in total. The molecule has 8 heteroatoms. The smallest absolute Gasteiger partial charge is 0.314 e. The Morgan fingerprint density at radius 1 is 1.04 bits per heavy atom. The van der Waals surface area contributed by atoms with Crippen molar-refractivity contribution in [2.75, 3.05) is 4.31 Å². The summed E-state index contributed by atoms with van der Waals surface area (Å²) in [5.41, 5.74) is 1.24. The van der Waals surface area contributed by atoms with Crippen molar-refractivity contribution in [3.05, 3.63) is 68.2 Å². The van der Waals surface area contributed by atoms with Gasteiger partial charge in [0.1, 0.15) is 0 Å². The molecule has 7 nitrogen and oxygen atoms in total. The lowest BCUT2D eigenvalue weighted by molar-refractivity contribution is 0.583. The summed E-state index contributed by atoms with van der Waals surface area (Å²) < 4.78 is 28.2. The van der Waals surface area contributed by atoms with E-state index in [1.54, 1.807) is 19.1 Å². The third-order valence-electron chi connectivity index (χ3n) is 4.70. The van der Waals surface area contributed by atoms with Gasteiger partial charge in [-0.15, -0.1) is 0 Å². The molecule has 0 spiro atoms. The molecule has 0 unspecified atom stereocenters. The molecule has 0 amide bonds. The topological polar surface area (TPSA) is 103 Å². The van der Waals surface area contributed by atoms with Crippen LogP contribution in [0.3, 0.4) is 0 Å². The van der Waals surface area contributed by atoms with E-state index in [9.17, 15) is 18.0 Å². The predicted octanol–water partition coefficient (Wildman–Crippen LogP) is 1.66. The van der Waals surface area contributed by atoms with E-state index in [0.717, 1.165) is 5.56 Å². The van der Waals surface area contributed by atoms with Gasteiger partial charge in [-0.3, -0.25) is 13.9 Å². The molecule has 0 aliphatic carbocycles. The Bertz CT molecular complexity index is 1260. The van der Waals surface area contributed by atoms with E-state index in [0.29, 0.717) is 23.2 Å². The largest absolute Gasteiger partial charge is 0.316 e. The Hall–Kier alpha value is -2.87. The summed E-state index contributed by atoms with van der Waals surface area (Å²) in [7, 11) is -3.83. The minimum absolute atomic E-state index is 0.108. The summed E-state index contributed by atoms with van der Waals surface area (Å²) in [5.74, 6) is 0. The Balaban J connectivity index is 1.94. The molecule has 1 aromatic heterocycles. The van der Waals surface area contributed by atoms with Crippen molar-refractivity contribution in [2.45, 2.75) is 31.2 Å². The van der Waals surface area contributed by atoms with Gasteiger partial charge in [-0.1, -0.05) is 18.2 Å². The summed E-state index contributed by atoms with van der Waals surface area (Å²) >= 11 is 0. The Labute approximate surface area is 149 Å². The first-order valence-corrected chi connectivity index (χ1v) is 9.62. The molecule has 3 aromatic rings. The highest BCUT2D eigenvalue weighted by atomic mass is 32.2. The van der Waals surface area contributed by atoms with Crippen LogP contribution >= 0.6 is 0 Å². The lowest BCUT2D eigenvalue weighted by atomic mass is 10.1. The Morgan fingerprint density at radius 3 is 2.35 bits per heavy atom. The molecule has 26 heavy (non-hydrogen) atoms. The predicted molar refractivity (Wildman–Crippen MR) is 99.2 cm³/mol. The van der Waals surface area contributed by atoms with E-state index in [4.69, 9.17) is 0 Å². The van der Waals surface area contributed by atoms with Gasteiger partial charge in [-0.2, -0.15) is 0 Å². The molecule has 2 heterocycles. The van der Waals surface area contributed by atoms with Crippen LogP contribution in [0.2, 0.25) is 0 Å². The minimum Gasteiger partial charge on any atom is -0.316 e. The van der Waals surface area contributed by atoms with E-state index >= 15 is 0 Å². The average molecular weight is 371 g/mol. The Morgan fingerprint density at radius 2 is 1.65 bits per heavy atom. The van der Waals surface area contributed by atoms with Crippen molar-refractivity contribution < 1.29 is 8.42 Å². The number of aryl methyl sites for hydroxylation is 1. The van der Waals surface area contributed by atoms with Crippen LogP contribution in [0.4, 0.5) is 5.69 Å². The van der Waals surface area contributed by atoms with Crippen LogP contribution in [0.5, 0.6) is 0 Å². The molecule has 1 aliphatic heterocycles. The number of para-hydroxylation sites is 1. The van der Waals surface area contributed by atoms with Crippen molar-refractivity contribution in [3.63, 3.8) is 0 Å². The molecular formula is C18H17N3O4S. The highest BCUT2D eigenvalue weighted by molar-refractivity contribution is 7.93. The average Bonchev–Trinajstić information content (AvgIpc) is 2.92. The van der Waals surface area contributed by atoms with Crippen molar-refractivity contribution in [2.24, 2.45) is 0 Å². The van der Waals surface area contributed by atoms with Crippen LogP contribution in [0.25, 0.3) is 11.0 Å². The molecule has 0 saturated heterocycles. The number of aromatic amines is 2. The number of H-pyrrole nitrogens is 2. The van der Waals surface area contributed by atoms with E-state index < -0.39 is 21.1 Å². The quantitative estimate of drug-likeness (QED) is 0.669. The fourth-order valence-corrected chi connectivity index (χ4v) is 5.47. The number of anilines is 1. The summed E-state index contributed by atoms with van der Waals surface area (Å²) in [5, 5.41) is 0. The zero-order chi connectivity index (χ0) is 18.6. The van der Waals surface area contributed by atoms with Crippen molar-refractivity contribution in [1.82, 2.24) is 9.97 Å². The van der Waals surface area contributed by atoms with Crippen LogP contribution in [0.15, 0.2) is 50.9 Å². The van der Waals surface area contributed by atoms with Crippen LogP contribution < -0.4 is 15.4 Å². The second-order valence-electron chi connectivity index (χ2n) is 6.55. The SMILES string of the molecule is Cc1cc2[nH]c(=O)c(=O)[nH]c2cc1S(=O)(=O)N1c2ccccc2C[C@H]1C. The van der Waals surface area contributed by atoms with Crippen molar-refractivity contribution >= 4 is 26.7 Å². The third-order valence-corrected chi connectivity index (χ3v) is 6.77. The van der Waals surface area contributed by atoms with E-state index in [2.05, 4.69) is 9.97 Å². The van der Waals surface area contributed by atoms with Crippen molar-refractivity contribution in [3.8, 4) is 0 Å². The number of fused-ring (bicyclic) bond motifs is 2. The van der Waals surface area contributed by atoms with Gasteiger partial charge in [0.25, 0.3) is 10.0 Å². The normalized spacial score (nSPS) is 16.8. The summed E-state index contributed by atoms with van der Waals surface area (Å²) in [6.07, 6.45) is 0.645. The van der Waals surface area contributed by atoms with Gasteiger partial charge in [0.05, 0.1) is 21.6 Å². The first kappa shape index (κ1) is 16.6. The highest BCUT2D eigenvalue weighted by Gasteiger charge is 2.36. The first-order chi connectivity index (χ1) is 12.3. The minimum atomic E-state index is -3.83. The monoisotopic (exact) mass is 371 g/mol. The number of rotatable bonds is 2. The van der Waals surface area contributed by atoms with Crippen molar-refractivity contribution in [1.29, 1.82) is 0 Å². The second-order valence-corrected chi connectivity index (χ2v) is 8.34. The van der Waals surface area contributed by atoms with E-state index in [-0.39, 0.29) is 16.5 Å². The van der Waals surface area contributed by atoms with Gasteiger partial charge in [0, 0.05) is 6.04 Å². The highest BCUT2D eigenvalue weighted by Crippen LogP contribution is 2.37. The summed E-state index contributed by atoms with van der Waals surface area (Å²) in [6, 6.07) is 10.2. The van der Waals surface area contributed by atoms with Gasteiger partial charge in [0.15, 0.2) is 0 Å². The molecular weight excluding hydrogens is 354 g/mol. The zero-order valence-electron chi connectivity index (χ0n) is 14.2. The fourth-order valence-electron chi connectivity index (χ4n) is 3.54. The van der Waals surface area contributed by atoms with E-state index in [1.165, 1.54) is 10.4 Å². The lowest BCUT2D eigenvalue weighted by Gasteiger charge is -2.25.